The van der Waals surface area contributed by atoms with Gasteiger partial charge in [0.1, 0.15) is 0 Å². The first kappa shape index (κ1) is 18.9. The Morgan fingerprint density at radius 1 is 0.857 bits per heavy atom. The van der Waals surface area contributed by atoms with Gasteiger partial charge in [-0.3, -0.25) is 0 Å². The second-order valence-corrected chi connectivity index (χ2v) is 7.98. The number of nitrogens with one attached hydrogen (secondary N) is 1. The van der Waals surface area contributed by atoms with Crippen molar-refractivity contribution in [3.63, 3.8) is 0 Å². The van der Waals surface area contributed by atoms with E-state index in [4.69, 9.17) is 0 Å². The predicted octanol–water partition coefficient (Wildman–Crippen LogP) is 5.75. The SMILES string of the molecule is CCc1cccc(CC)c1CCCc1nnc(NCC2CC2)c2ccccc12. The first-order valence-corrected chi connectivity index (χ1v) is 10.9. The quantitative estimate of drug-likeness (QED) is 0.519. The highest BCUT2D eigenvalue weighted by Crippen LogP contribution is 2.30. The van der Waals surface area contributed by atoms with E-state index in [0.717, 1.165) is 56.1 Å². The van der Waals surface area contributed by atoms with E-state index in [0.29, 0.717) is 0 Å². The van der Waals surface area contributed by atoms with E-state index >= 15 is 0 Å². The van der Waals surface area contributed by atoms with Gasteiger partial charge in [0.15, 0.2) is 5.82 Å². The Hall–Kier alpha value is -2.42. The number of anilines is 1. The van der Waals surface area contributed by atoms with Crippen LogP contribution >= 0.6 is 0 Å². The molecule has 1 aliphatic rings. The van der Waals surface area contributed by atoms with Crippen molar-refractivity contribution >= 4 is 16.6 Å². The summed E-state index contributed by atoms with van der Waals surface area (Å²) >= 11 is 0. The molecule has 0 spiro atoms. The lowest BCUT2D eigenvalue weighted by Gasteiger charge is -2.14. The van der Waals surface area contributed by atoms with Crippen molar-refractivity contribution in [3.05, 3.63) is 64.8 Å². The van der Waals surface area contributed by atoms with Gasteiger partial charge in [0.05, 0.1) is 5.69 Å². The molecule has 0 atom stereocenters. The molecule has 28 heavy (non-hydrogen) atoms. The van der Waals surface area contributed by atoms with E-state index in [9.17, 15) is 0 Å². The Labute approximate surface area is 168 Å². The van der Waals surface area contributed by atoms with Gasteiger partial charge in [-0.2, -0.15) is 5.10 Å². The summed E-state index contributed by atoms with van der Waals surface area (Å²) in [6.07, 6.45) is 8.09. The van der Waals surface area contributed by atoms with Crippen molar-refractivity contribution in [3.8, 4) is 0 Å². The van der Waals surface area contributed by atoms with E-state index in [1.54, 1.807) is 5.56 Å². The van der Waals surface area contributed by atoms with E-state index in [2.05, 4.69) is 71.8 Å². The summed E-state index contributed by atoms with van der Waals surface area (Å²) in [5, 5.41) is 15.1. The minimum Gasteiger partial charge on any atom is -0.368 e. The molecule has 1 heterocycles. The van der Waals surface area contributed by atoms with Gasteiger partial charge in [0.2, 0.25) is 0 Å². The number of fused-ring (bicyclic) bond motifs is 1. The van der Waals surface area contributed by atoms with Crippen LogP contribution in [-0.2, 0) is 25.7 Å². The Morgan fingerprint density at radius 3 is 2.25 bits per heavy atom. The Bertz CT molecular complexity index is 921. The first-order valence-electron chi connectivity index (χ1n) is 10.9. The van der Waals surface area contributed by atoms with Crippen LogP contribution in [0, 0.1) is 5.92 Å². The lowest BCUT2D eigenvalue weighted by molar-refractivity contribution is 0.772. The standard InChI is InChI=1S/C25H31N3/c1-3-19-9-7-10-20(4-2)21(19)13-8-14-24-22-11-5-6-12-23(22)25(28-27-24)26-17-18-15-16-18/h5-7,9-12,18H,3-4,8,13-17H2,1-2H3,(H,26,28). The molecule has 146 valence electrons. The summed E-state index contributed by atoms with van der Waals surface area (Å²) in [5.74, 6) is 1.77. The molecule has 0 radical (unpaired) electrons. The number of aromatic nitrogens is 2. The van der Waals surface area contributed by atoms with E-state index in [1.807, 2.05) is 0 Å². The topological polar surface area (TPSA) is 37.8 Å². The smallest absolute Gasteiger partial charge is 0.156 e. The van der Waals surface area contributed by atoms with Crippen LogP contribution in [0.25, 0.3) is 10.8 Å². The fourth-order valence-corrected chi connectivity index (χ4v) is 4.14. The second-order valence-electron chi connectivity index (χ2n) is 7.98. The van der Waals surface area contributed by atoms with Gasteiger partial charge in [-0.1, -0.05) is 56.3 Å². The third-order valence-corrected chi connectivity index (χ3v) is 5.99. The number of hydrogen-bond acceptors (Lipinski definition) is 3. The van der Waals surface area contributed by atoms with Crippen LogP contribution in [0.4, 0.5) is 5.82 Å². The average Bonchev–Trinajstić information content (AvgIpc) is 3.57. The lowest BCUT2D eigenvalue weighted by Crippen LogP contribution is -2.08. The number of hydrogen-bond donors (Lipinski definition) is 1. The molecule has 2 aromatic carbocycles. The molecule has 0 aliphatic heterocycles. The molecular formula is C25H31N3. The summed E-state index contributed by atoms with van der Waals surface area (Å²) < 4.78 is 0. The van der Waals surface area contributed by atoms with Crippen molar-refractivity contribution in [1.29, 1.82) is 0 Å². The normalized spacial score (nSPS) is 13.8. The highest BCUT2D eigenvalue weighted by Gasteiger charge is 2.21. The van der Waals surface area contributed by atoms with Crippen molar-refractivity contribution in [2.24, 2.45) is 5.92 Å². The minimum absolute atomic E-state index is 0.826. The van der Waals surface area contributed by atoms with Crippen molar-refractivity contribution in [1.82, 2.24) is 10.2 Å². The van der Waals surface area contributed by atoms with Crippen molar-refractivity contribution < 1.29 is 0 Å². The van der Waals surface area contributed by atoms with Crippen LogP contribution in [-0.4, -0.2) is 16.7 Å². The number of benzene rings is 2. The maximum absolute atomic E-state index is 4.61. The maximum Gasteiger partial charge on any atom is 0.156 e. The molecule has 4 rings (SSSR count). The summed E-state index contributed by atoms with van der Waals surface area (Å²) in [7, 11) is 0. The van der Waals surface area contributed by atoms with Crippen molar-refractivity contribution in [2.75, 3.05) is 11.9 Å². The zero-order valence-electron chi connectivity index (χ0n) is 17.2. The van der Waals surface area contributed by atoms with Gasteiger partial charge in [-0.05, 0) is 67.6 Å². The van der Waals surface area contributed by atoms with Gasteiger partial charge in [-0.15, -0.1) is 5.10 Å². The Morgan fingerprint density at radius 2 is 1.57 bits per heavy atom. The van der Waals surface area contributed by atoms with Gasteiger partial charge >= 0.3 is 0 Å². The Kier molecular flexibility index (Phi) is 5.90. The van der Waals surface area contributed by atoms with E-state index in [-0.39, 0.29) is 0 Å². The van der Waals surface area contributed by atoms with Crippen LogP contribution in [0.15, 0.2) is 42.5 Å². The third kappa shape index (κ3) is 4.19. The second kappa shape index (κ2) is 8.72. The van der Waals surface area contributed by atoms with Crippen LogP contribution in [0.2, 0.25) is 0 Å². The van der Waals surface area contributed by atoms with Gasteiger partial charge in [0.25, 0.3) is 0 Å². The zero-order valence-corrected chi connectivity index (χ0v) is 17.2. The molecule has 0 amide bonds. The van der Waals surface area contributed by atoms with Crippen LogP contribution in [0.5, 0.6) is 0 Å². The fourth-order valence-electron chi connectivity index (χ4n) is 4.14. The molecule has 3 nitrogen and oxygen atoms in total. The predicted molar refractivity (Wildman–Crippen MR) is 118 cm³/mol. The molecule has 3 heteroatoms. The maximum atomic E-state index is 4.61. The van der Waals surface area contributed by atoms with Crippen LogP contribution in [0.1, 0.15) is 55.5 Å². The summed E-state index contributed by atoms with van der Waals surface area (Å²) in [5.41, 5.74) is 5.66. The molecule has 1 aromatic heterocycles. The highest BCUT2D eigenvalue weighted by molar-refractivity contribution is 5.93. The van der Waals surface area contributed by atoms with Gasteiger partial charge < -0.3 is 5.32 Å². The lowest BCUT2D eigenvalue weighted by atomic mass is 9.93. The van der Waals surface area contributed by atoms with E-state index in [1.165, 1.54) is 34.7 Å². The molecule has 1 saturated carbocycles. The summed E-state index contributed by atoms with van der Waals surface area (Å²) in [6, 6.07) is 15.3. The van der Waals surface area contributed by atoms with Gasteiger partial charge in [0, 0.05) is 17.3 Å². The summed E-state index contributed by atoms with van der Waals surface area (Å²) in [6.45, 7) is 5.53. The molecule has 0 unspecified atom stereocenters. The molecule has 0 saturated heterocycles. The van der Waals surface area contributed by atoms with Crippen LogP contribution in [0.3, 0.4) is 0 Å². The fraction of sp³-hybridized carbons (Fsp3) is 0.440. The first-order chi connectivity index (χ1) is 13.8. The molecule has 0 bridgehead atoms. The zero-order chi connectivity index (χ0) is 19.3. The monoisotopic (exact) mass is 373 g/mol. The number of aryl methyl sites for hydroxylation is 3. The molecule has 1 aliphatic carbocycles. The molecule has 1 N–H and O–H groups in total. The third-order valence-electron chi connectivity index (χ3n) is 5.99. The van der Waals surface area contributed by atoms with Crippen LogP contribution < -0.4 is 5.32 Å². The highest BCUT2D eigenvalue weighted by atomic mass is 15.2. The molecular weight excluding hydrogens is 342 g/mol. The van der Waals surface area contributed by atoms with Crippen molar-refractivity contribution in [2.45, 2.75) is 58.8 Å². The van der Waals surface area contributed by atoms with Gasteiger partial charge in [-0.25, -0.2) is 0 Å². The summed E-state index contributed by atoms with van der Waals surface area (Å²) in [4.78, 5) is 0. The minimum atomic E-state index is 0.826. The molecule has 1 fully saturated rings. The average molecular weight is 374 g/mol. The number of rotatable bonds is 9. The Balaban J connectivity index is 1.50. The van der Waals surface area contributed by atoms with E-state index < -0.39 is 0 Å². The number of nitrogens with zero attached hydrogens (tertiary/aromatic N) is 2. The largest absolute Gasteiger partial charge is 0.368 e. The molecule has 3 aromatic rings.